The summed E-state index contributed by atoms with van der Waals surface area (Å²) >= 11 is 0. The van der Waals surface area contributed by atoms with Crippen LogP contribution < -0.4 is 9.13 Å². The molecule has 0 amide bonds. The zero-order valence-electron chi connectivity index (χ0n) is 34.1. The van der Waals surface area contributed by atoms with Crippen molar-refractivity contribution < 1.29 is 30.2 Å². The second-order valence-corrected chi connectivity index (χ2v) is 15.3. The van der Waals surface area contributed by atoms with Crippen molar-refractivity contribution in [3.8, 4) is 67.3 Å². The van der Waals surface area contributed by atoms with Crippen LogP contribution in [0.4, 0.5) is 0 Å². The molecule has 4 aromatic carbocycles. The molecule has 4 nitrogen and oxygen atoms in total. The van der Waals surface area contributed by atoms with Crippen molar-refractivity contribution in [2.24, 2.45) is 0 Å². The molecule has 8 aromatic rings. The van der Waals surface area contributed by atoms with Crippen LogP contribution in [0, 0.1) is 12.1 Å². The first-order valence-corrected chi connectivity index (χ1v) is 20.7. The number of hydrogen-bond donors (Lipinski definition) is 0. The van der Waals surface area contributed by atoms with Gasteiger partial charge in [-0.1, -0.05) is 64.1 Å². The van der Waals surface area contributed by atoms with E-state index >= 15 is 0 Å². The average molecular weight is 948 g/mol. The molecule has 4 aromatic heterocycles. The molecular weight excluding hydrogens is 900 g/mol. The molecule has 2 aliphatic rings. The number of fused-ring (bicyclic) bond motifs is 6. The predicted molar refractivity (Wildman–Crippen MR) is 234 cm³/mol. The van der Waals surface area contributed by atoms with Crippen LogP contribution in [0.25, 0.3) is 67.3 Å². The summed E-state index contributed by atoms with van der Waals surface area (Å²) in [5, 5.41) is 0. The van der Waals surface area contributed by atoms with Crippen molar-refractivity contribution in [3.63, 3.8) is 0 Å². The Morgan fingerprint density at radius 3 is 1.22 bits per heavy atom. The Morgan fingerprint density at radius 1 is 0.458 bits per heavy atom. The van der Waals surface area contributed by atoms with Crippen molar-refractivity contribution in [3.05, 3.63) is 194 Å². The molecule has 10 rings (SSSR count). The number of rotatable bonds is 8. The summed E-state index contributed by atoms with van der Waals surface area (Å²) < 4.78 is 4.93. The van der Waals surface area contributed by atoms with Crippen LogP contribution >= 0.6 is 0 Å². The summed E-state index contributed by atoms with van der Waals surface area (Å²) in [5.74, 6) is 0. The summed E-state index contributed by atoms with van der Waals surface area (Å²) in [7, 11) is 0. The van der Waals surface area contributed by atoms with Gasteiger partial charge in [-0.3, -0.25) is 0 Å². The van der Waals surface area contributed by atoms with Gasteiger partial charge in [-0.15, -0.1) is 71.8 Å². The standard InChI is InChI=1S/2C27H24N2.Pt/c2*1-3-27(4-2)24-18-21(13-15-23(24)26-12-8-9-17-29(26)27)22-14-16-25(28-19-22)20-10-6-5-7-11-20;/h2*5-10,12-19H,3-4H2,1-2H3;/q;;+2. The van der Waals surface area contributed by atoms with Gasteiger partial charge in [0.05, 0.1) is 11.1 Å². The van der Waals surface area contributed by atoms with Gasteiger partial charge < -0.3 is 9.97 Å². The molecule has 2 aliphatic heterocycles. The summed E-state index contributed by atoms with van der Waals surface area (Å²) in [5.41, 5.74) is 16.9. The molecule has 0 spiro atoms. The molecule has 0 radical (unpaired) electrons. The van der Waals surface area contributed by atoms with E-state index in [0.717, 1.165) is 59.3 Å². The maximum absolute atomic E-state index is 4.70. The zero-order valence-corrected chi connectivity index (χ0v) is 36.4. The van der Waals surface area contributed by atoms with Crippen molar-refractivity contribution >= 4 is 0 Å². The van der Waals surface area contributed by atoms with Gasteiger partial charge in [0.1, 0.15) is 0 Å². The van der Waals surface area contributed by atoms with Crippen LogP contribution in [-0.4, -0.2) is 9.97 Å². The smallest absolute Gasteiger partial charge is 0.304 e. The summed E-state index contributed by atoms with van der Waals surface area (Å²) in [4.78, 5) is 9.40. The Labute approximate surface area is 363 Å². The number of benzene rings is 4. The number of pyridine rings is 4. The van der Waals surface area contributed by atoms with E-state index in [2.05, 4.69) is 158 Å². The number of aromatic nitrogens is 4. The van der Waals surface area contributed by atoms with Crippen LogP contribution in [-0.2, 0) is 32.1 Å². The van der Waals surface area contributed by atoms with Gasteiger partial charge in [0, 0.05) is 73.5 Å². The van der Waals surface area contributed by atoms with Crippen molar-refractivity contribution in [1.82, 2.24) is 9.97 Å². The first-order valence-electron chi connectivity index (χ1n) is 20.7. The number of hydrogen-bond acceptors (Lipinski definition) is 2. The van der Waals surface area contributed by atoms with Crippen LogP contribution in [0.15, 0.2) is 170 Å². The molecule has 292 valence electrons. The normalized spacial score (nSPS) is 13.5. The van der Waals surface area contributed by atoms with Gasteiger partial charge in [-0.2, -0.15) is 9.13 Å². The molecule has 0 N–H and O–H groups in total. The quantitative estimate of drug-likeness (QED) is 0.112. The van der Waals surface area contributed by atoms with Gasteiger partial charge in [0.15, 0.2) is 23.5 Å². The van der Waals surface area contributed by atoms with Gasteiger partial charge in [0.2, 0.25) is 11.4 Å². The maximum atomic E-state index is 4.70. The Balaban J connectivity index is 0.000000161. The molecule has 0 aliphatic carbocycles. The van der Waals surface area contributed by atoms with E-state index in [1.165, 1.54) is 44.8 Å². The fourth-order valence-corrected chi connectivity index (χ4v) is 9.49. The molecule has 0 bridgehead atoms. The van der Waals surface area contributed by atoms with E-state index in [9.17, 15) is 0 Å². The molecule has 0 saturated carbocycles. The summed E-state index contributed by atoms with van der Waals surface area (Å²) in [6, 6.07) is 57.7. The van der Waals surface area contributed by atoms with Gasteiger partial charge in [0.25, 0.3) is 0 Å². The van der Waals surface area contributed by atoms with Gasteiger partial charge >= 0.3 is 21.1 Å². The topological polar surface area (TPSA) is 33.5 Å². The first kappa shape index (κ1) is 40.0. The second kappa shape index (κ2) is 16.8. The SMILES string of the molecule is CCC1(CC)c2cc(-c3ccc(-c4[c-]cccc4)nc3)ccc2-c2cccc[n+]21.CCC1(CC)c2cc(-c3ccc(-c4[c-]cccc4)nc3)ccc2-c2cccc[n+]21.[Pt+2]. The predicted octanol–water partition coefficient (Wildman–Crippen LogP) is 12.1. The van der Waals surface area contributed by atoms with Crippen LogP contribution in [0.2, 0.25) is 0 Å². The van der Waals surface area contributed by atoms with E-state index in [-0.39, 0.29) is 32.1 Å². The van der Waals surface area contributed by atoms with E-state index in [4.69, 9.17) is 9.97 Å². The van der Waals surface area contributed by atoms with Crippen molar-refractivity contribution in [2.75, 3.05) is 0 Å². The van der Waals surface area contributed by atoms with E-state index in [1.807, 2.05) is 60.9 Å². The first-order chi connectivity index (χ1) is 28.5. The van der Waals surface area contributed by atoms with E-state index < -0.39 is 0 Å². The molecule has 0 saturated heterocycles. The Kier molecular flexibility index (Phi) is 11.4. The Bertz CT molecular complexity index is 2510. The van der Waals surface area contributed by atoms with E-state index in [0.29, 0.717) is 0 Å². The van der Waals surface area contributed by atoms with Crippen LogP contribution in [0.3, 0.4) is 0 Å². The summed E-state index contributed by atoms with van der Waals surface area (Å²) in [6.45, 7) is 9.17. The third-order valence-corrected chi connectivity index (χ3v) is 12.7. The minimum Gasteiger partial charge on any atom is -0.304 e. The second-order valence-electron chi connectivity index (χ2n) is 15.3. The number of nitrogens with zero attached hydrogens (tertiary/aromatic N) is 4. The fourth-order valence-electron chi connectivity index (χ4n) is 9.49. The average Bonchev–Trinajstić information content (AvgIpc) is 3.76. The van der Waals surface area contributed by atoms with Crippen LogP contribution in [0.1, 0.15) is 64.5 Å². The Hall–Kier alpha value is -5.83. The van der Waals surface area contributed by atoms with E-state index in [1.54, 1.807) is 0 Å². The largest absolute Gasteiger partial charge is 2.00 e. The third kappa shape index (κ3) is 6.88. The monoisotopic (exact) mass is 947 g/mol. The fraction of sp³-hybridized carbons (Fsp3) is 0.185. The minimum absolute atomic E-state index is 0. The Morgan fingerprint density at radius 2 is 0.864 bits per heavy atom. The molecule has 5 heteroatoms. The van der Waals surface area contributed by atoms with Gasteiger partial charge in [-0.25, -0.2) is 0 Å². The maximum Gasteiger partial charge on any atom is 2.00 e. The molecule has 0 unspecified atom stereocenters. The molecule has 59 heavy (non-hydrogen) atoms. The van der Waals surface area contributed by atoms with Crippen LogP contribution in [0.5, 0.6) is 0 Å². The third-order valence-electron chi connectivity index (χ3n) is 12.7. The van der Waals surface area contributed by atoms with Crippen molar-refractivity contribution in [2.45, 2.75) is 64.5 Å². The van der Waals surface area contributed by atoms with Crippen molar-refractivity contribution in [1.29, 1.82) is 0 Å². The zero-order chi connectivity index (χ0) is 39.7. The molecule has 6 heterocycles. The molecule has 0 atom stereocenters. The molecular formula is C54H48N4Pt+2. The van der Waals surface area contributed by atoms with Gasteiger partial charge in [-0.05, 0) is 70.0 Å². The molecule has 0 fully saturated rings. The minimum atomic E-state index is 0. The summed E-state index contributed by atoms with van der Waals surface area (Å²) in [6.07, 6.45) is 12.7.